The summed E-state index contributed by atoms with van der Waals surface area (Å²) in [5.74, 6) is 0.995. The molecule has 1 aliphatic rings. The number of benzene rings is 2. The van der Waals surface area contributed by atoms with E-state index < -0.39 is 0 Å². The smallest absolute Gasteiger partial charge is 0.181 e. The molecule has 2 atom stereocenters. The van der Waals surface area contributed by atoms with Gasteiger partial charge in [0.15, 0.2) is 5.65 Å². The van der Waals surface area contributed by atoms with Crippen LogP contribution in [-0.4, -0.2) is 34.3 Å². The molecule has 208 valence electrons. The molecule has 1 fully saturated rings. The molecule has 41 heavy (non-hydrogen) atoms. The summed E-state index contributed by atoms with van der Waals surface area (Å²) in [7, 11) is 1.93. The monoisotopic (exact) mass is 543 g/mol. The molecule has 0 radical (unpaired) electrons. The minimum absolute atomic E-state index is 0.162. The number of hydrogen-bond donors (Lipinski definition) is 0. The Morgan fingerprint density at radius 2 is 1.78 bits per heavy atom. The molecule has 1 saturated carbocycles. The van der Waals surface area contributed by atoms with E-state index in [9.17, 15) is 0 Å². The van der Waals surface area contributed by atoms with Gasteiger partial charge in [0.25, 0.3) is 0 Å². The summed E-state index contributed by atoms with van der Waals surface area (Å²) in [6, 6.07) is 19.6. The van der Waals surface area contributed by atoms with E-state index >= 15 is 0 Å². The van der Waals surface area contributed by atoms with Crippen LogP contribution in [0.5, 0.6) is 0 Å². The highest BCUT2D eigenvalue weighted by molar-refractivity contribution is 5.94. The second kappa shape index (κ2) is 9.40. The zero-order valence-electron chi connectivity index (χ0n) is 24.8. The lowest BCUT2D eigenvalue weighted by Gasteiger charge is -2.18. The molecule has 7 heteroatoms. The molecule has 2 aromatic carbocycles. The van der Waals surface area contributed by atoms with Crippen molar-refractivity contribution in [3.63, 3.8) is 0 Å². The number of hydrogen-bond acceptors (Lipinski definition) is 4. The maximum Gasteiger partial charge on any atom is 0.181 e. The van der Waals surface area contributed by atoms with E-state index in [-0.39, 0.29) is 5.41 Å². The van der Waals surface area contributed by atoms with Gasteiger partial charge < -0.3 is 0 Å². The van der Waals surface area contributed by atoms with Gasteiger partial charge in [0, 0.05) is 52.4 Å². The minimum Gasteiger partial charge on any atom is -0.273 e. The molecule has 4 aromatic heterocycles. The molecule has 0 N–H and O–H groups in total. The molecule has 4 heterocycles. The van der Waals surface area contributed by atoms with Crippen molar-refractivity contribution in [3.05, 3.63) is 89.5 Å². The first-order valence-electron chi connectivity index (χ1n) is 14.7. The van der Waals surface area contributed by atoms with Gasteiger partial charge in [0.1, 0.15) is 0 Å². The van der Waals surface area contributed by atoms with Crippen LogP contribution >= 0.6 is 0 Å². The van der Waals surface area contributed by atoms with Crippen molar-refractivity contribution in [1.82, 2.24) is 34.3 Å². The van der Waals surface area contributed by atoms with Crippen LogP contribution in [0.4, 0.5) is 0 Å². The Morgan fingerprint density at radius 3 is 2.51 bits per heavy atom. The fraction of sp³-hybridized carbons (Fsp3) is 0.353. The molecule has 7 rings (SSSR count). The topological polar surface area (TPSA) is 66.3 Å². The maximum absolute atomic E-state index is 5.28. The predicted molar refractivity (Wildman–Crippen MR) is 164 cm³/mol. The van der Waals surface area contributed by atoms with E-state index in [1.807, 2.05) is 24.9 Å². The highest BCUT2D eigenvalue weighted by atomic mass is 15.3. The van der Waals surface area contributed by atoms with Crippen LogP contribution in [0.15, 0.2) is 67.0 Å². The van der Waals surface area contributed by atoms with Crippen molar-refractivity contribution in [2.45, 2.75) is 65.3 Å². The lowest BCUT2D eigenvalue weighted by molar-refractivity contribution is 0.465. The van der Waals surface area contributed by atoms with Crippen molar-refractivity contribution in [1.29, 1.82) is 0 Å². The third kappa shape index (κ3) is 4.09. The lowest BCUT2D eigenvalue weighted by atomic mass is 9.92. The van der Waals surface area contributed by atoms with Crippen LogP contribution in [0.2, 0.25) is 0 Å². The Hall–Kier alpha value is -4.26. The average Bonchev–Trinajstić information content (AvgIpc) is 3.18. The van der Waals surface area contributed by atoms with Crippen molar-refractivity contribution in [2.24, 2.45) is 13.0 Å². The summed E-state index contributed by atoms with van der Waals surface area (Å²) < 4.78 is 6.07. The van der Waals surface area contributed by atoms with E-state index in [2.05, 4.69) is 103 Å². The molecular weight excluding hydrogens is 506 g/mol. The second-order valence-corrected chi connectivity index (χ2v) is 12.1. The van der Waals surface area contributed by atoms with Crippen LogP contribution in [0.3, 0.4) is 0 Å². The standard InChI is InChI=1S/C34H37N7/c1-7-25-17-34(25,26-12-9-8-10-13-26)20-40-19-28-27(14-11-15-29(28)36-40)32-31(21(2)3)23(5)41(37-32)30-16-24-18-39(6)38-33(24)35-22(30)4/h8-16,18-19,21,25H,7,17,20H2,1-6H3. The lowest BCUT2D eigenvalue weighted by Crippen LogP contribution is -2.19. The summed E-state index contributed by atoms with van der Waals surface area (Å²) in [6.45, 7) is 11.9. The molecule has 0 amide bonds. The van der Waals surface area contributed by atoms with Gasteiger partial charge in [-0.2, -0.15) is 15.3 Å². The third-order valence-corrected chi connectivity index (χ3v) is 9.11. The SMILES string of the molecule is CCC1CC1(Cn1cc2c(-c3nn(-c4cc5cn(C)nc5nc4C)c(C)c3C(C)C)cccc2n1)c1ccccc1. The Morgan fingerprint density at radius 1 is 0.976 bits per heavy atom. The van der Waals surface area contributed by atoms with Gasteiger partial charge in [-0.1, -0.05) is 69.7 Å². The molecule has 6 aromatic rings. The predicted octanol–water partition coefficient (Wildman–Crippen LogP) is 7.28. The van der Waals surface area contributed by atoms with Gasteiger partial charge in [0.2, 0.25) is 0 Å². The van der Waals surface area contributed by atoms with Gasteiger partial charge in [-0.05, 0) is 49.8 Å². The summed E-state index contributed by atoms with van der Waals surface area (Å²) in [6.07, 6.45) is 6.66. The number of nitrogens with zero attached hydrogens (tertiary/aromatic N) is 7. The molecule has 0 bridgehead atoms. The van der Waals surface area contributed by atoms with Gasteiger partial charge >= 0.3 is 0 Å². The van der Waals surface area contributed by atoms with Crippen molar-refractivity contribution < 1.29 is 0 Å². The van der Waals surface area contributed by atoms with E-state index in [4.69, 9.17) is 15.2 Å². The van der Waals surface area contributed by atoms with Crippen LogP contribution in [-0.2, 0) is 19.0 Å². The maximum atomic E-state index is 5.28. The average molecular weight is 544 g/mol. The number of pyridine rings is 1. The minimum atomic E-state index is 0.162. The van der Waals surface area contributed by atoms with Gasteiger partial charge in [-0.3, -0.25) is 9.36 Å². The van der Waals surface area contributed by atoms with E-state index in [0.717, 1.165) is 56.8 Å². The fourth-order valence-electron chi connectivity index (χ4n) is 7.00. The second-order valence-electron chi connectivity index (χ2n) is 12.1. The molecule has 2 unspecified atom stereocenters. The molecule has 0 saturated heterocycles. The van der Waals surface area contributed by atoms with Crippen LogP contribution in [0.1, 0.15) is 62.0 Å². The van der Waals surface area contributed by atoms with Crippen molar-refractivity contribution in [3.8, 4) is 16.9 Å². The fourth-order valence-corrected chi connectivity index (χ4v) is 7.00. The van der Waals surface area contributed by atoms with Gasteiger partial charge in [0.05, 0.1) is 29.1 Å². The highest BCUT2D eigenvalue weighted by Gasteiger charge is 2.54. The van der Waals surface area contributed by atoms with Crippen LogP contribution in [0.25, 0.3) is 38.9 Å². The number of aromatic nitrogens is 7. The quantitative estimate of drug-likeness (QED) is 0.212. The van der Waals surface area contributed by atoms with Crippen molar-refractivity contribution >= 4 is 21.9 Å². The molecular formula is C34H37N7. The Bertz CT molecular complexity index is 1910. The Labute approximate surface area is 240 Å². The molecule has 7 nitrogen and oxygen atoms in total. The summed E-state index contributed by atoms with van der Waals surface area (Å²) in [5, 5.41) is 17.0. The summed E-state index contributed by atoms with van der Waals surface area (Å²) in [5.41, 5.74) is 9.80. The van der Waals surface area contributed by atoms with E-state index in [0.29, 0.717) is 11.8 Å². The highest BCUT2D eigenvalue weighted by Crippen LogP contribution is 2.57. The van der Waals surface area contributed by atoms with Gasteiger partial charge in [-0.15, -0.1) is 0 Å². The molecule has 0 aliphatic heterocycles. The van der Waals surface area contributed by atoms with E-state index in [1.165, 1.54) is 24.0 Å². The van der Waals surface area contributed by atoms with Crippen molar-refractivity contribution in [2.75, 3.05) is 0 Å². The molecule has 0 spiro atoms. The number of rotatable bonds is 7. The number of aryl methyl sites for hydroxylation is 2. The normalized spacial score (nSPS) is 18.7. The van der Waals surface area contributed by atoms with Gasteiger partial charge in [-0.25, -0.2) is 9.67 Å². The zero-order valence-corrected chi connectivity index (χ0v) is 24.8. The van der Waals surface area contributed by atoms with Crippen LogP contribution in [0, 0.1) is 19.8 Å². The van der Waals surface area contributed by atoms with E-state index in [1.54, 1.807) is 0 Å². The Balaban J connectivity index is 1.34. The largest absolute Gasteiger partial charge is 0.273 e. The Kier molecular flexibility index (Phi) is 5.89. The third-order valence-electron chi connectivity index (χ3n) is 9.11. The first-order chi connectivity index (χ1) is 19.8. The summed E-state index contributed by atoms with van der Waals surface area (Å²) >= 11 is 0. The summed E-state index contributed by atoms with van der Waals surface area (Å²) in [4.78, 5) is 4.80. The number of fused-ring (bicyclic) bond motifs is 2. The zero-order chi connectivity index (χ0) is 28.5. The molecule has 1 aliphatic carbocycles. The first-order valence-corrected chi connectivity index (χ1v) is 14.7. The first kappa shape index (κ1) is 25.7. The van der Waals surface area contributed by atoms with Crippen LogP contribution < -0.4 is 0 Å².